The van der Waals surface area contributed by atoms with Crippen LogP contribution in [0.25, 0.3) is 0 Å². The number of carbonyl (C=O) groups excluding carboxylic acids is 1. The highest BCUT2D eigenvalue weighted by Gasteiger charge is 2.43. The number of ether oxygens (including phenoxy) is 1. The number of hydrogen-bond acceptors (Lipinski definition) is 6. The Morgan fingerprint density at radius 3 is 2.62 bits per heavy atom. The number of carbonyl (C=O) groups is 1. The lowest BCUT2D eigenvalue weighted by atomic mass is 9.81. The molecule has 1 amide bonds. The molecular weight excluding hydrogens is 354 g/mol. The molecule has 26 heavy (non-hydrogen) atoms. The number of hydrogen-bond donors (Lipinski definition) is 1. The van der Waals surface area contributed by atoms with E-state index >= 15 is 0 Å². The van der Waals surface area contributed by atoms with Gasteiger partial charge in [-0.25, -0.2) is 13.4 Å². The van der Waals surface area contributed by atoms with Crippen molar-refractivity contribution in [3.8, 4) is 11.8 Å². The largest absolute Gasteiger partial charge is 0.424 e. The minimum atomic E-state index is -3.34. The molecule has 0 bridgehead atoms. The van der Waals surface area contributed by atoms with Gasteiger partial charge in [0.15, 0.2) is 9.84 Å². The number of nitrogens with zero attached hydrogens (tertiary/aromatic N) is 2. The van der Waals surface area contributed by atoms with Gasteiger partial charge in [-0.15, -0.1) is 0 Å². The molecular formula is C18H21N3O4S. The second-order valence-corrected chi connectivity index (χ2v) is 8.46. The maximum Gasteiger partial charge on any atom is 0.322 e. The molecule has 1 aromatic carbocycles. The average Bonchev–Trinajstić information content (AvgIpc) is 3.12. The predicted octanol–water partition coefficient (Wildman–Crippen LogP) is 2.23. The molecule has 138 valence electrons. The van der Waals surface area contributed by atoms with E-state index in [1.54, 1.807) is 31.4 Å². The van der Waals surface area contributed by atoms with Crippen LogP contribution < -0.4 is 10.1 Å². The fraction of sp³-hybridized carbons (Fsp3) is 0.389. The quantitative estimate of drug-likeness (QED) is 0.860. The van der Waals surface area contributed by atoms with Gasteiger partial charge in [0.25, 0.3) is 0 Å². The van der Waals surface area contributed by atoms with Gasteiger partial charge in [0, 0.05) is 19.5 Å². The number of benzene rings is 1. The molecule has 0 unspecified atom stereocenters. The third-order valence-electron chi connectivity index (χ3n) is 4.69. The first-order chi connectivity index (χ1) is 12.3. The topological polar surface area (TPSA) is 98.2 Å². The van der Waals surface area contributed by atoms with Crippen LogP contribution in [0.2, 0.25) is 0 Å². The maximum atomic E-state index is 12.5. The van der Waals surface area contributed by atoms with Gasteiger partial charge in [-0.3, -0.25) is 4.79 Å². The van der Waals surface area contributed by atoms with E-state index in [1.165, 1.54) is 12.1 Å². The van der Waals surface area contributed by atoms with Gasteiger partial charge in [0.1, 0.15) is 5.75 Å². The van der Waals surface area contributed by atoms with Crippen LogP contribution >= 0.6 is 0 Å². The number of aromatic nitrogens is 2. The van der Waals surface area contributed by atoms with Gasteiger partial charge >= 0.3 is 6.01 Å². The van der Waals surface area contributed by atoms with Crippen molar-refractivity contribution in [1.29, 1.82) is 0 Å². The summed E-state index contributed by atoms with van der Waals surface area (Å²) in [5, 5.41) is 2.73. The molecule has 0 aliphatic heterocycles. The Bertz CT molecular complexity index is 922. The van der Waals surface area contributed by atoms with Crippen LogP contribution in [0.1, 0.15) is 31.4 Å². The van der Waals surface area contributed by atoms with Gasteiger partial charge in [-0.05, 0) is 37.1 Å². The molecule has 0 spiro atoms. The Labute approximate surface area is 152 Å². The van der Waals surface area contributed by atoms with Crippen LogP contribution in [0.15, 0.2) is 41.4 Å². The van der Waals surface area contributed by atoms with Gasteiger partial charge in [0.2, 0.25) is 5.91 Å². The first-order valence-electron chi connectivity index (χ1n) is 8.39. The van der Waals surface area contributed by atoms with Gasteiger partial charge in [-0.2, -0.15) is 4.98 Å². The minimum absolute atomic E-state index is 0.0567. The Balaban J connectivity index is 1.92. The van der Waals surface area contributed by atoms with Crippen LogP contribution in [-0.2, 0) is 20.0 Å². The monoisotopic (exact) mass is 375 g/mol. The number of likely N-dealkylation sites (N-methyl/N-ethyl adjacent to an activating group) is 1. The minimum Gasteiger partial charge on any atom is -0.424 e. The molecule has 0 atom stereocenters. The van der Waals surface area contributed by atoms with E-state index in [4.69, 9.17) is 4.74 Å². The lowest BCUT2D eigenvalue weighted by Crippen LogP contribution is -2.41. The van der Waals surface area contributed by atoms with Crippen molar-refractivity contribution in [3.63, 3.8) is 0 Å². The van der Waals surface area contributed by atoms with Crippen LogP contribution in [0.4, 0.5) is 0 Å². The summed E-state index contributed by atoms with van der Waals surface area (Å²) in [5.74, 6) is 0.268. The first-order valence-corrected chi connectivity index (χ1v) is 10.3. The van der Waals surface area contributed by atoms with E-state index in [1.807, 2.05) is 0 Å². The zero-order chi connectivity index (χ0) is 18.8. The number of amides is 1. The van der Waals surface area contributed by atoms with Gasteiger partial charge in [-0.1, -0.05) is 18.9 Å². The van der Waals surface area contributed by atoms with Crippen molar-refractivity contribution in [1.82, 2.24) is 15.3 Å². The zero-order valence-electron chi connectivity index (χ0n) is 14.7. The molecule has 3 rings (SSSR count). The summed E-state index contributed by atoms with van der Waals surface area (Å²) in [6.07, 6.45) is 6.07. The summed E-state index contributed by atoms with van der Waals surface area (Å²) in [4.78, 5) is 21.2. The lowest BCUT2D eigenvalue weighted by molar-refractivity contribution is -0.126. The molecule has 1 aliphatic carbocycles. The summed E-state index contributed by atoms with van der Waals surface area (Å²) in [7, 11) is -1.71. The van der Waals surface area contributed by atoms with Crippen molar-refractivity contribution in [2.75, 3.05) is 13.3 Å². The second kappa shape index (κ2) is 7.03. The van der Waals surface area contributed by atoms with Gasteiger partial charge < -0.3 is 10.1 Å². The highest BCUT2D eigenvalue weighted by Crippen LogP contribution is 2.40. The van der Waals surface area contributed by atoms with E-state index in [0.717, 1.165) is 31.9 Å². The van der Waals surface area contributed by atoms with E-state index in [0.29, 0.717) is 11.4 Å². The van der Waals surface area contributed by atoms with E-state index in [-0.39, 0.29) is 16.8 Å². The number of rotatable bonds is 5. The lowest BCUT2D eigenvalue weighted by Gasteiger charge is -2.26. The van der Waals surface area contributed by atoms with Crippen molar-refractivity contribution >= 4 is 15.7 Å². The summed E-state index contributed by atoms with van der Waals surface area (Å²) < 4.78 is 29.0. The number of sulfone groups is 1. The highest BCUT2D eigenvalue weighted by molar-refractivity contribution is 7.90. The zero-order valence-corrected chi connectivity index (χ0v) is 15.5. The molecule has 8 heteroatoms. The van der Waals surface area contributed by atoms with Gasteiger partial charge in [0.05, 0.1) is 16.0 Å². The molecule has 1 aromatic heterocycles. The molecule has 1 aliphatic rings. The van der Waals surface area contributed by atoms with Crippen molar-refractivity contribution in [2.45, 2.75) is 36.0 Å². The first kappa shape index (κ1) is 18.3. The maximum absolute atomic E-state index is 12.5. The molecule has 0 radical (unpaired) electrons. The molecule has 7 nitrogen and oxygen atoms in total. The normalized spacial score (nSPS) is 16.2. The second-order valence-electron chi connectivity index (χ2n) is 6.44. The Hall–Kier alpha value is -2.48. The summed E-state index contributed by atoms with van der Waals surface area (Å²) in [6, 6.07) is 7.98. The number of nitrogens with one attached hydrogen (secondary N) is 1. The third kappa shape index (κ3) is 3.55. The van der Waals surface area contributed by atoms with Crippen molar-refractivity contribution in [3.05, 3.63) is 42.2 Å². The average molecular weight is 375 g/mol. The Morgan fingerprint density at radius 1 is 1.23 bits per heavy atom. The third-order valence-corrected chi connectivity index (χ3v) is 5.80. The smallest absolute Gasteiger partial charge is 0.322 e. The Kier molecular flexibility index (Phi) is 4.95. The standard InChI is InChI=1S/C18H21N3O4S/c1-19-16(22)18(9-3-4-10-18)15-8-11-20-17(21-15)25-13-6-5-7-14(12-13)26(2,23)24/h5-8,11-12H,3-4,9-10H2,1-2H3,(H,19,22). The van der Waals surface area contributed by atoms with Crippen molar-refractivity contribution < 1.29 is 17.9 Å². The van der Waals surface area contributed by atoms with Crippen LogP contribution in [0, 0.1) is 0 Å². The molecule has 1 N–H and O–H groups in total. The summed E-state index contributed by atoms with van der Waals surface area (Å²) in [6.45, 7) is 0. The van der Waals surface area contributed by atoms with E-state index < -0.39 is 15.3 Å². The van der Waals surface area contributed by atoms with E-state index in [9.17, 15) is 13.2 Å². The SMILES string of the molecule is CNC(=O)C1(c2ccnc(Oc3cccc(S(C)(=O)=O)c3)n2)CCCC1. The fourth-order valence-electron chi connectivity index (χ4n) is 3.35. The molecule has 1 fully saturated rings. The fourth-order valence-corrected chi connectivity index (χ4v) is 4.00. The molecule has 1 saturated carbocycles. The Morgan fingerprint density at radius 2 is 1.96 bits per heavy atom. The van der Waals surface area contributed by atoms with E-state index in [2.05, 4.69) is 15.3 Å². The van der Waals surface area contributed by atoms with Crippen molar-refractivity contribution in [2.24, 2.45) is 0 Å². The van der Waals surface area contributed by atoms with Crippen LogP contribution in [0.5, 0.6) is 11.8 Å². The summed E-state index contributed by atoms with van der Waals surface area (Å²) >= 11 is 0. The predicted molar refractivity (Wildman–Crippen MR) is 95.9 cm³/mol. The van der Waals surface area contributed by atoms with Crippen LogP contribution in [-0.4, -0.2) is 37.6 Å². The molecule has 1 heterocycles. The molecule has 0 saturated heterocycles. The summed E-state index contributed by atoms with van der Waals surface area (Å²) in [5.41, 5.74) is -0.0386. The molecule has 2 aromatic rings. The highest BCUT2D eigenvalue weighted by atomic mass is 32.2. The van der Waals surface area contributed by atoms with Crippen LogP contribution in [0.3, 0.4) is 0 Å².